The number of hydrogen-bond donors (Lipinski definition) is 1. The van der Waals surface area contributed by atoms with Gasteiger partial charge in [-0.15, -0.1) is 0 Å². The van der Waals surface area contributed by atoms with Crippen LogP contribution in [0, 0.1) is 6.92 Å². The van der Waals surface area contributed by atoms with Crippen LogP contribution in [-0.4, -0.2) is 13.2 Å². The maximum absolute atomic E-state index is 6.24. The first kappa shape index (κ1) is 14.4. The summed E-state index contributed by atoms with van der Waals surface area (Å²) in [4.78, 5) is 0. The molecule has 0 heterocycles. The maximum atomic E-state index is 6.24. The molecule has 1 N–H and O–H groups in total. The molecule has 0 aromatic heterocycles. The molecule has 1 aliphatic rings. The summed E-state index contributed by atoms with van der Waals surface area (Å²) in [5.74, 6) is 0.935. The highest BCUT2D eigenvalue weighted by molar-refractivity contribution is 6.31. The van der Waals surface area contributed by atoms with E-state index >= 15 is 0 Å². The Morgan fingerprint density at radius 1 is 1.14 bits per heavy atom. The fraction of sp³-hybridized carbons (Fsp3) is 0.333. The highest BCUT2D eigenvalue weighted by Gasteiger charge is 2.20. The van der Waals surface area contributed by atoms with Gasteiger partial charge in [0.05, 0.1) is 7.11 Å². The van der Waals surface area contributed by atoms with Crippen molar-refractivity contribution in [1.29, 1.82) is 0 Å². The first-order valence-corrected chi connectivity index (χ1v) is 7.72. The molecule has 2 aromatic carbocycles. The van der Waals surface area contributed by atoms with Crippen molar-refractivity contribution in [3.8, 4) is 16.9 Å². The SMILES string of the molecule is COc1ccc(-c2ccc(C)c(Cl)c2)cc1CNC1CC1. The van der Waals surface area contributed by atoms with E-state index in [0.29, 0.717) is 6.04 Å². The molecule has 0 spiro atoms. The second-order valence-corrected chi connectivity index (χ2v) is 6.05. The van der Waals surface area contributed by atoms with Crippen molar-refractivity contribution in [2.75, 3.05) is 7.11 Å². The van der Waals surface area contributed by atoms with Crippen molar-refractivity contribution in [2.24, 2.45) is 0 Å². The first-order valence-electron chi connectivity index (χ1n) is 7.34. The van der Waals surface area contributed by atoms with Crippen LogP contribution in [0.3, 0.4) is 0 Å². The van der Waals surface area contributed by atoms with Crippen LogP contribution in [0.15, 0.2) is 36.4 Å². The highest BCUT2D eigenvalue weighted by Crippen LogP contribution is 2.30. The van der Waals surface area contributed by atoms with Gasteiger partial charge in [-0.25, -0.2) is 0 Å². The van der Waals surface area contributed by atoms with Crippen LogP contribution in [0.25, 0.3) is 11.1 Å². The Kier molecular flexibility index (Phi) is 4.18. The minimum absolute atomic E-state index is 0.687. The summed E-state index contributed by atoms with van der Waals surface area (Å²) in [6.45, 7) is 2.87. The summed E-state index contributed by atoms with van der Waals surface area (Å²) >= 11 is 6.24. The number of nitrogens with one attached hydrogen (secondary N) is 1. The monoisotopic (exact) mass is 301 g/mol. The Morgan fingerprint density at radius 3 is 2.52 bits per heavy atom. The number of benzene rings is 2. The Labute approximate surface area is 131 Å². The van der Waals surface area contributed by atoms with E-state index in [1.165, 1.54) is 24.0 Å². The van der Waals surface area contributed by atoms with Gasteiger partial charge >= 0.3 is 0 Å². The number of halogens is 1. The van der Waals surface area contributed by atoms with E-state index in [1.54, 1.807) is 7.11 Å². The molecule has 0 unspecified atom stereocenters. The highest BCUT2D eigenvalue weighted by atomic mass is 35.5. The van der Waals surface area contributed by atoms with Crippen molar-refractivity contribution < 1.29 is 4.74 Å². The van der Waals surface area contributed by atoms with Crippen molar-refractivity contribution in [2.45, 2.75) is 32.4 Å². The summed E-state index contributed by atoms with van der Waals surface area (Å²) in [7, 11) is 1.72. The summed E-state index contributed by atoms with van der Waals surface area (Å²) in [6.07, 6.45) is 2.57. The smallest absolute Gasteiger partial charge is 0.123 e. The van der Waals surface area contributed by atoms with E-state index in [9.17, 15) is 0 Å². The van der Waals surface area contributed by atoms with Gasteiger partial charge in [0.1, 0.15) is 5.75 Å². The molecule has 0 aliphatic heterocycles. The van der Waals surface area contributed by atoms with Crippen molar-refractivity contribution >= 4 is 11.6 Å². The molecule has 0 saturated heterocycles. The minimum Gasteiger partial charge on any atom is -0.496 e. The van der Waals surface area contributed by atoms with Gasteiger partial charge in [0, 0.05) is 23.2 Å². The van der Waals surface area contributed by atoms with Crippen LogP contribution in [-0.2, 0) is 6.54 Å². The number of methoxy groups -OCH3 is 1. The fourth-order valence-corrected chi connectivity index (χ4v) is 2.59. The Morgan fingerprint density at radius 2 is 1.86 bits per heavy atom. The largest absolute Gasteiger partial charge is 0.496 e. The lowest BCUT2D eigenvalue weighted by Gasteiger charge is -2.12. The molecule has 3 heteroatoms. The predicted molar refractivity (Wildman–Crippen MR) is 88.0 cm³/mol. The summed E-state index contributed by atoms with van der Waals surface area (Å²) in [6, 6.07) is 13.2. The van der Waals surface area contributed by atoms with Crippen LogP contribution >= 0.6 is 11.6 Å². The molecule has 2 aromatic rings. The maximum Gasteiger partial charge on any atom is 0.123 e. The lowest BCUT2D eigenvalue weighted by Crippen LogP contribution is -2.15. The van der Waals surface area contributed by atoms with Crippen molar-refractivity contribution in [3.63, 3.8) is 0 Å². The van der Waals surface area contributed by atoms with Gasteiger partial charge in [0.15, 0.2) is 0 Å². The third-order valence-corrected chi connectivity index (χ3v) is 4.35. The predicted octanol–water partition coefficient (Wildman–Crippen LogP) is 4.58. The third-order valence-electron chi connectivity index (χ3n) is 3.94. The Hall–Kier alpha value is -1.51. The second-order valence-electron chi connectivity index (χ2n) is 5.65. The molecule has 0 amide bonds. The van der Waals surface area contributed by atoms with Gasteiger partial charge in [-0.2, -0.15) is 0 Å². The number of rotatable bonds is 5. The third kappa shape index (κ3) is 3.39. The zero-order chi connectivity index (χ0) is 14.8. The summed E-state index contributed by atoms with van der Waals surface area (Å²) in [5.41, 5.74) is 4.61. The zero-order valence-corrected chi connectivity index (χ0v) is 13.2. The standard InChI is InChI=1S/C18H20ClNO/c1-12-3-4-14(10-17(12)19)13-5-8-18(21-2)15(9-13)11-20-16-6-7-16/h3-5,8-10,16,20H,6-7,11H2,1-2H3. The topological polar surface area (TPSA) is 21.3 Å². The van der Waals surface area contributed by atoms with Gasteiger partial charge in [0.25, 0.3) is 0 Å². The van der Waals surface area contributed by atoms with Crippen LogP contribution in [0.2, 0.25) is 5.02 Å². The molecule has 21 heavy (non-hydrogen) atoms. The van der Waals surface area contributed by atoms with E-state index in [4.69, 9.17) is 16.3 Å². The second kappa shape index (κ2) is 6.08. The van der Waals surface area contributed by atoms with E-state index in [1.807, 2.05) is 19.1 Å². The molecular formula is C18H20ClNO. The van der Waals surface area contributed by atoms with Crippen LogP contribution in [0.1, 0.15) is 24.0 Å². The lowest BCUT2D eigenvalue weighted by molar-refractivity contribution is 0.407. The van der Waals surface area contributed by atoms with Gasteiger partial charge in [-0.3, -0.25) is 0 Å². The number of aryl methyl sites for hydroxylation is 1. The first-order chi connectivity index (χ1) is 10.2. The van der Waals surface area contributed by atoms with Gasteiger partial charge in [-0.1, -0.05) is 29.8 Å². The molecule has 1 fully saturated rings. The van der Waals surface area contributed by atoms with Gasteiger partial charge in [-0.05, 0) is 54.7 Å². The van der Waals surface area contributed by atoms with Gasteiger partial charge in [0.2, 0.25) is 0 Å². The number of hydrogen-bond acceptors (Lipinski definition) is 2. The van der Waals surface area contributed by atoms with Crippen LogP contribution in [0.5, 0.6) is 5.75 Å². The zero-order valence-electron chi connectivity index (χ0n) is 12.4. The molecule has 3 rings (SSSR count). The van der Waals surface area contributed by atoms with Crippen molar-refractivity contribution in [3.05, 3.63) is 52.5 Å². The summed E-state index contributed by atoms with van der Waals surface area (Å²) < 4.78 is 5.47. The Bertz CT molecular complexity index is 650. The number of ether oxygens (including phenoxy) is 1. The molecule has 1 aliphatic carbocycles. The van der Waals surface area contributed by atoms with E-state index in [2.05, 4.69) is 29.6 Å². The molecule has 0 radical (unpaired) electrons. The van der Waals surface area contributed by atoms with Crippen LogP contribution in [0.4, 0.5) is 0 Å². The molecule has 2 nitrogen and oxygen atoms in total. The van der Waals surface area contributed by atoms with Crippen molar-refractivity contribution in [1.82, 2.24) is 5.32 Å². The average Bonchev–Trinajstić information content (AvgIpc) is 3.32. The van der Waals surface area contributed by atoms with E-state index in [0.717, 1.165) is 28.4 Å². The molecular weight excluding hydrogens is 282 g/mol. The van der Waals surface area contributed by atoms with Gasteiger partial charge < -0.3 is 10.1 Å². The van der Waals surface area contributed by atoms with E-state index < -0.39 is 0 Å². The lowest BCUT2D eigenvalue weighted by atomic mass is 10.0. The van der Waals surface area contributed by atoms with Crippen LogP contribution < -0.4 is 10.1 Å². The molecule has 1 saturated carbocycles. The fourth-order valence-electron chi connectivity index (χ4n) is 2.41. The van der Waals surface area contributed by atoms with E-state index in [-0.39, 0.29) is 0 Å². The molecule has 0 atom stereocenters. The average molecular weight is 302 g/mol. The minimum atomic E-state index is 0.687. The molecule has 110 valence electrons. The summed E-state index contributed by atoms with van der Waals surface area (Å²) in [5, 5.41) is 4.35. The Balaban J connectivity index is 1.90. The quantitative estimate of drug-likeness (QED) is 0.873. The molecule has 0 bridgehead atoms. The normalized spacial score (nSPS) is 14.2.